The van der Waals surface area contributed by atoms with Crippen LogP contribution in [0.15, 0.2) is 0 Å². The summed E-state index contributed by atoms with van der Waals surface area (Å²) in [6.07, 6.45) is 3.95. The van der Waals surface area contributed by atoms with Crippen LogP contribution in [0.1, 0.15) is 36.1 Å². The number of thioether (sulfide) groups is 2. The van der Waals surface area contributed by atoms with Gasteiger partial charge in [0.2, 0.25) is 0 Å². The topological polar surface area (TPSA) is 0 Å². The first-order chi connectivity index (χ1) is 4.54. The van der Waals surface area contributed by atoms with E-state index in [2.05, 4.69) is 24.4 Å². The predicted octanol–water partition coefficient (Wildman–Crippen LogP) is 5.30. The highest BCUT2D eigenvalue weighted by atomic mass is 32.2. The Bertz CT molecular complexity index is 96.2. The zero-order chi connectivity index (χ0) is 8.57. The van der Waals surface area contributed by atoms with Crippen LogP contribution < -0.4 is 0 Å². The number of hydrogen-bond donors (Lipinski definition) is 0. The molecule has 0 nitrogen and oxygen atoms in total. The Morgan fingerprint density at radius 1 is 0.769 bits per heavy atom. The molecule has 0 saturated carbocycles. The Morgan fingerprint density at radius 3 is 0.846 bits per heavy atom. The fourth-order valence-electron chi connectivity index (χ4n) is 0. The van der Waals surface area contributed by atoms with Gasteiger partial charge in [-0.1, -0.05) is 46.7 Å². The van der Waals surface area contributed by atoms with Gasteiger partial charge in [-0.25, -0.2) is 0 Å². The lowest BCUT2D eigenvalue weighted by atomic mass is 11.0. The molecular weight excluding hydrogens is 236 g/mol. The van der Waals surface area contributed by atoms with Crippen molar-refractivity contribution < 1.29 is 0 Å². The van der Waals surface area contributed by atoms with E-state index in [0.29, 0.717) is 0 Å². The van der Waals surface area contributed by atoms with Gasteiger partial charge in [-0.3, -0.25) is 0 Å². The molecule has 0 saturated heterocycles. The average Bonchev–Trinajstić information content (AvgIpc) is 1.89. The van der Waals surface area contributed by atoms with Gasteiger partial charge in [-0.05, 0) is 26.4 Å². The van der Waals surface area contributed by atoms with Gasteiger partial charge in [-0.2, -0.15) is 0 Å². The van der Waals surface area contributed by atoms with E-state index in [1.807, 2.05) is 26.4 Å². The lowest BCUT2D eigenvalue weighted by Gasteiger charge is -1.76. The van der Waals surface area contributed by atoms with E-state index >= 15 is 0 Å². The van der Waals surface area contributed by atoms with Crippen molar-refractivity contribution in [2.75, 3.05) is 12.5 Å². The fraction of sp³-hybridized carbons (Fsp3) is 0.778. The molecule has 0 rings (SSSR count). The summed E-state index contributed by atoms with van der Waals surface area (Å²) in [6.45, 7) is 3.83. The Balaban J connectivity index is -0.0000000267. The second kappa shape index (κ2) is 23.1. The summed E-state index contributed by atoms with van der Waals surface area (Å²) in [7, 11) is 0. The molecule has 4 heteroatoms. The standard InChI is InChI=1S/2C3H6S2.3CH4/c2*1-3(4)5-2;;;/h2*1-2H3;3*1H4. The SMILES string of the molecule is C.C.C.CSC(C)=S.CSC(C)=S. The second-order valence-corrected chi connectivity index (χ2v) is 5.17. The smallest absolute Gasteiger partial charge is 0.0444 e. The van der Waals surface area contributed by atoms with Crippen molar-refractivity contribution in [3.63, 3.8) is 0 Å². The van der Waals surface area contributed by atoms with Crippen LogP contribution in [0.3, 0.4) is 0 Å². The van der Waals surface area contributed by atoms with Crippen LogP contribution >= 0.6 is 48.0 Å². The maximum Gasteiger partial charge on any atom is 0.0444 e. The molecule has 0 aromatic rings. The van der Waals surface area contributed by atoms with Gasteiger partial charge in [0.1, 0.15) is 0 Å². The monoisotopic (exact) mass is 260 g/mol. The molecule has 0 amide bonds. The summed E-state index contributed by atoms with van der Waals surface area (Å²) < 4.78 is 2.01. The lowest BCUT2D eigenvalue weighted by Crippen LogP contribution is -1.66. The minimum Gasteiger partial charge on any atom is -0.123 e. The second-order valence-electron chi connectivity index (χ2n) is 1.39. The summed E-state index contributed by atoms with van der Waals surface area (Å²) in [6, 6.07) is 0. The van der Waals surface area contributed by atoms with E-state index in [1.165, 1.54) is 0 Å². The van der Waals surface area contributed by atoms with Gasteiger partial charge >= 0.3 is 0 Å². The molecule has 0 unspecified atom stereocenters. The molecule has 84 valence electrons. The lowest BCUT2D eigenvalue weighted by molar-refractivity contribution is 2.11. The van der Waals surface area contributed by atoms with Crippen LogP contribution in [0, 0.1) is 0 Å². The molecule has 0 radical (unpaired) electrons. The average molecular weight is 261 g/mol. The third-order valence-electron chi connectivity index (χ3n) is 0.575. The molecule has 0 aliphatic rings. The first-order valence-corrected chi connectivity index (χ1v) is 5.90. The van der Waals surface area contributed by atoms with Crippen molar-refractivity contribution in [3.8, 4) is 0 Å². The summed E-state index contributed by atoms with van der Waals surface area (Å²) in [5.74, 6) is 0. The molecule has 0 aliphatic carbocycles. The van der Waals surface area contributed by atoms with Crippen molar-refractivity contribution in [3.05, 3.63) is 0 Å². The molecular formula is C9H24S4. The third kappa shape index (κ3) is 64.0. The van der Waals surface area contributed by atoms with Crippen molar-refractivity contribution in [1.29, 1.82) is 0 Å². The van der Waals surface area contributed by atoms with Crippen molar-refractivity contribution in [1.82, 2.24) is 0 Å². The molecule has 0 aliphatic heterocycles. The van der Waals surface area contributed by atoms with Gasteiger partial charge in [0.15, 0.2) is 0 Å². The van der Waals surface area contributed by atoms with Gasteiger partial charge in [0.25, 0.3) is 0 Å². The molecule has 13 heavy (non-hydrogen) atoms. The van der Waals surface area contributed by atoms with Gasteiger partial charge < -0.3 is 0 Å². The van der Waals surface area contributed by atoms with Crippen molar-refractivity contribution in [2.45, 2.75) is 36.1 Å². The Morgan fingerprint density at radius 2 is 0.846 bits per heavy atom. The molecule has 0 aromatic heterocycles. The molecule has 0 heterocycles. The first-order valence-electron chi connectivity index (χ1n) is 2.63. The summed E-state index contributed by atoms with van der Waals surface area (Å²) >= 11 is 12.5. The van der Waals surface area contributed by atoms with Gasteiger partial charge in [0, 0.05) is 8.39 Å². The molecule has 0 bridgehead atoms. The third-order valence-corrected chi connectivity index (χ3v) is 2.72. The molecule has 0 fully saturated rings. The summed E-state index contributed by atoms with van der Waals surface area (Å²) in [4.78, 5) is 0. The van der Waals surface area contributed by atoms with Crippen molar-refractivity contribution in [2.24, 2.45) is 0 Å². The quantitative estimate of drug-likeness (QED) is 0.542. The molecule has 0 aromatic carbocycles. The highest BCUT2D eigenvalue weighted by Gasteiger charge is 1.71. The zero-order valence-electron chi connectivity index (χ0n) is 6.63. The van der Waals surface area contributed by atoms with Crippen LogP contribution in [0.5, 0.6) is 0 Å². The zero-order valence-corrected chi connectivity index (χ0v) is 9.90. The Hall–Kier alpha value is 0.880. The van der Waals surface area contributed by atoms with E-state index < -0.39 is 0 Å². The predicted molar refractivity (Wildman–Crippen MR) is 83.8 cm³/mol. The maximum atomic E-state index is 4.66. The van der Waals surface area contributed by atoms with Crippen LogP contribution in [-0.2, 0) is 0 Å². The largest absolute Gasteiger partial charge is 0.123 e. The van der Waals surface area contributed by atoms with Crippen LogP contribution in [0.25, 0.3) is 0 Å². The van der Waals surface area contributed by atoms with Gasteiger partial charge in [0.05, 0.1) is 0 Å². The number of hydrogen-bond acceptors (Lipinski definition) is 4. The minimum atomic E-state index is 0. The molecule has 0 N–H and O–H groups in total. The van der Waals surface area contributed by atoms with E-state index in [1.54, 1.807) is 23.5 Å². The van der Waals surface area contributed by atoms with E-state index in [0.717, 1.165) is 8.39 Å². The number of rotatable bonds is 0. The van der Waals surface area contributed by atoms with Crippen LogP contribution in [-0.4, -0.2) is 20.9 Å². The van der Waals surface area contributed by atoms with Gasteiger partial charge in [-0.15, -0.1) is 23.5 Å². The van der Waals surface area contributed by atoms with Crippen LogP contribution in [0.4, 0.5) is 0 Å². The first kappa shape index (κ1) is 29.2. The fourth-order valence-corrected chi connectivity index (χ4v) is 0. The summed E-state index contributed by atoms with van der Waals surface area (Å²) in [5, 5.41) is 0. The Labute approximate surface area is 105 Å². The number of thiocarbonyl (C=S) groups is 2. The highest BCUT2D eigenvalue weighted by Crippen LogP contribution is 1.93. The van der Waals surface area contributed by atoms with Crippen LogP contribution in [0.2, 0.25) is 0 Å². The minimum absolute atomic E-state index is 0. The van der Waals surface area contributed by atoms with E-state index in [-0.39, 0.29) is 22.3 Å². The maximum absolute atomic E-state index is 4.66. The molecule has 0 atom stereocenters. The Kier molecular flexibility index (Phi) is 51.8. The van der Waals surface area contributed by atoms with Crippen molar-refractivity contribution >= 4 is 56.4 Å². The van der Waals surface area contributed by atoms with E-state index in [9.17, 15) is 0 Å². The van der Waals surface area contributed by atoms with E-state index in [4.69, 9.17) is 0 Å². The summed E-state index contributed by atoms with van der Waals surface area (Å²) in [5.41, 5.74) is 0. The normalized spacial score (nSPS) is 5.85. The highest BCUT2D eigenvalue weighted by molar-refractivity contribution is 8.22. The molecule has 0 spiro atoms.